The van der Waals surface area contributed by atoms with Crippen LogP contribution in [0.15, 0.2) is 36.7 Å². The predicted octanol–water partition coefficient (Wildman–Crippen LogP) is 2.27. The number of nitrogens with zero attached hydrogens (tertiary/aromatic N) is 2. The van der Waals surface area contributed by atoms with E-state index in [0.717, 1.165) is 11.9 Å². The number of rotatable bonds is 7. The van der Waals surface area contributed by atoms with E-state index in [-0.39, 0.29) is 17.9 Å². The van der Waals surface area contributed by atoms with Crippen molar-refractivity contribution in [1.82, 2.24) is 15.0 Å². The second-order valence-electron chi connectivity index (χ2n) is 7.05. The van der Waals surface area contributed by atoms with Crippen molar-refractivity contribution >= 4 is 28.6 Å². The lowest BCUT2D eigenvalue weighted by Crippen LogP contribution is -2.42. The smallest absolute Gasteiger partial charge is 0.224 e. The number of H-pyrrole nitrogens is 1. The Bertz CT molecular complexity index is 1040. The van der Waals surface area contributed by atoms with E-state index in [0.29, 0.717) is 36.7 Å². The highest BCUT2D eigenvalue weighted by atomic mass is 16.1. The highest BCUT2D eigenvalue weighted by Crippen LogP contribution is 2.30. The summed E-state index contributed by atoms with van der Waals surface area (Å²) < 4.78 is 0. The normalized spacial score (nSPS) is 18.2. The quantitative estimate of drug-likeness (QED) is 0.475. The number of hydrogen-bond acceptors (Lipinski definition) is 5. The van der Waals surface area contributed by atoms with Crippen molar-refractivity contribution in [2.24, 2.45) is 11.7 Å². The Morgan fingerprint density at radius 3 is 2.96 bits per heavy atom. The van der Waals surface area contributed by atoms with Crippen LogP contribution in [-0.2, 0) is 11.2 Å². The molecule has 1 amide bonds. The molecule has 0 saturated heterocycles. The average Bonchev–Trinajstić information content (AvgIpc) is 3.07. The van der Waals surface area contributed by atoms with Crippen molar-refractivity contribution in [1.29, 1.82) is 0 Å². The van der Waals surface area contributed by atoms with Gasteiger partial charge in [0.2, 0.25) is 11.9 Å². The Kier molecular flexibility index (Phi) is 4.85. The maximum Gasteiger partial charge on any atom is 0.224 e. The van der Waals surface area contributed by atoms with Crippen LogP contribution in [0.1, 0.15) is 24.0 Å². The molecule has 1 fully saturated rings. The number of aromatic nitrogens is 3. The number of para-hydroxylation sites is 1. The number of terminal acetylenes is 1. The minimum absolute atomic E-state index is 0.0672. The molecule has 28 heavy (non-hydrogen) atoms. The van der Waals surface area contributed by atoms with Gasteiger partial charge in [-0.05, 0) is 30.9 Å². The lowest BCUT2D eigenvalue weighted by Gasteiger charge is -2.34. The first-order valence-electron chi connectivity index (χ1n) is 9.32. The second kappa shape index (κ2) is 7.61. The summed E-state index contributed by atoms with van der Waals surface area (Å²) in [5, 5.41) is 7.79. The number of benzene rings is 1. The van der Waals surface area contributed by atoms with Crippen LogP contribution in [-0.4, -0.2) is 33.4 Å². The van der Waals surface area contributed by atoms with Crippen molar-refractivity contribution in [2.75, 3.05) is 17.2 Å². The number of nitrogens with two attached hydrogens (primary N) is 1. The fraction of sp³-hybridized carbons (Fsp3) is 0.286. The van der Waals surface area contributed by atoms with Gasteiger partial charge in [0.1, 0.15) is 5.82 Å². The van der Waals surface area contributed by atoms with E-state index in [9.17, 15) is 4.79 Å². The standard InChI is InChI=1S/C21H22N6O/c1-2-13-11-25-21(27-20(13)26-16-9-15(10-16)19(22)28)23-8-7-14-12-24-18-6-4-3-5-17(14)18/h1,3-6,11-12,15-16,24H,7-10H2,(H2,22,28)(H2,23,25,26,27)/t15-,16+. The molecular formula is C21H22N6O. The largest absolute Gasteiger partial charge is 0.369 e. The lowest BCUT2D eigenvalue weighted by atomic mass is 9.80. The van der Waals surface area contributed by atoms with E-state index in [4.69, 9.17) is 12.2 Å². The van der Waals surface area contributed by atoms with E-state index in [1.807, 2.05) is 18.3 Å². The number of carbonyl (C=O) groups excluding carboxylic acids is 1. The SMILES string of the molecule is C#Cc1cnc(NCCc2c[nH]c3ccccc23)nc1N[C@H]1C[C@@H](C(N)=O)C1. The summed E-state index contributed by atoms with van der Waals surface area (Å²) in [7, 11) is 0. The second-order valence-corrected chi connectivity index (χ2v) is 7.05. The average molecular weight is 374 g/mol. The molecule has 3 aromatic rings. The Morgan fingerprint density at radius 2 is 2.18 bits per heavy atom. The van der Waals surface area contributed by atoms with Gasteiger partial charge in [-0.2, -0.15) is 4.98 Å². The summed E-state index contributed by atoms with van der Waals surface area (Å²) >= 11 is 0. The summed E-state index contributed by atoms with van der Waals surface area (Å²) in [6.45, 7) is 0.698. The molecule has 0 radical (unpaired) electrons. The van der Waals surface area contributed by atoms with E-state index in [2.05, 4.69) is 43.6 Å². The monoisotopic (exact) mass is 374 g/mol. The minimum atomic E-state index is -0.252. The molecule has 7 heteroatoms. The van der Waals surface area contributed by atoms with Gasteiger partial charge in [-0.25, -0.2) is 4.98 Å². The van der Waals surface area contributed by atoms with Crippen LogP contribution in [0.4, 0.5) is 11.8 Å². The number of carbonyl (C=O) groups is 1. The summed E-state index contributed by atoms with van der Waals surface area (Å²) in [6, 6.07) is 8.38. The number of aromatic amines is 1. The van der Waals surface area contributed by atoms with Crippen LogP contribution in [0.2, 0.25) is 0 Å². The van der Waals surface area contributed by atoms with Gasteiger partial charge in [-0.3, -0.25) is 4.79 Å². The van der Waals surface area contributed by atoms with Gasteiger partial charge in [0, 0.05) is 35.6 Å². The molecule has 1 aromatic carbocycles. The van der Waals surface area contributed by atoms with E-state index in [1.165, 1.54) is 10.9 Å². The van der Waals surface area contributed by atoms with Crippen molar-refractivity contribution < 1.29 is 4.79 Å². The van der Waals surface area contributed by atoms with Crippen molar-refractivity contribution in [3.05, 3.63) is 47.8 Å². The first-order valence-corrected chi connectivity index (χ1v) is 9.32. The van der Waals surface area contributed by atoms with Crippen molar-refractivity contribution in [2.45, 2.75) is 25.3 Å². The van der Waals surface area contributed by atoms with Crippen molar-refractivity contribution in [3.63, 3.8) is 0 Å². The van der Waals surface area contributed by atoms with Crippen LogP contribution in [0.3, 0.4) is 0 Å². The zero-order valence-electron chi connectivity index (χ0n) is 15.4. The predicted molar refractivity (Wildman–Crippen MR) is 110 cm³/mol. The number of hydrogen-bond donors (Lipinski definition) is 4. The van der Waals surface area contributed by atoms with Gasteiger partial charge in [-0.1, -0.05) is 24.1 Å². The number of primary amides is 1. The van der Waals surface area contributed by atoms with Crippen LogP contribution in [0, 0.1) is 18.3 Å². The van der Waals surface area contributed by atoms with Gasteiger partial charge >= 0.3 is 0 Å². The zero-order chi connectivity index (χ0) is 19.5. The lowest BCUT2D eigenvalue weighted by molar-refractivity contribution is -0.124. The first-order chi connectivity index (χ1) is 13.6. The third-order valence-corrected chi connectivity index (χ3v) is 5.18. The topological polar surface area (TPSA) is 109 Å². The molecule has 0 bridgehead atoms. The third-order valence-electron chi connectivity index (χ3n) is 5.18. The number of fused-ring (bicyclic) bond motifs is 1. The fourth-order valence-corrected chi connectivity index (χ4v) is 3.49. The van der Waals surface area contributed by atoms with Gasteiger partial charge in [0.25, 0.3) is 0 Å². The highest BCUT2D eigenvalue weighted by Gasteiger charge is 2.33. The Morgan fingerprint density at radius 1 is 1.36 bits per heavy atom. The zero-order valence-corrected chi connectivity index (χ0v) is 15.4. The molecule has 1 aliphatic carbocycles. The number of anilines is 2. The molecular weight excluding hydrogens is 352 g/mol. The Balaban J connectivity index is 1.38. The molecule has 2 heterocycles. The maximum absolute atomic E-state index is 11.2. The molecule has 0 unspecified atom stereocenters. The molecule has 7 nitrogen and oxygen atoms in total. The molecule has 2 aromatic heterocycles. The molecule has 1 saturated carbocycles. The van der Waals surface area contributed by atoms with E-state index in [1.54, 1.807) is 6.20 Å². The van der Waals surface area contributed by atoms with E-state index >= 15 is 0 Å². The molecule has 1 aliphatic rings. The molecule has 5 N–H and O–H groups in total. The summed E-state index contributed by atoms with van der Waals surface area (Å²) in [4.78, 5) is 23.3. The van der Waals surface area contributed by atoms with Gasteiger partial charge in [-0.15, -0.1) is 6.42 Å². The van der Waals surface area contributed by atoms with Crippen LogP contribution < -0.4 is 16.4 Å². The molecule has 0 atom stereocenters. The highest BCUT2D eigenvalue weighted by molar-refractivity contribution is 5.83. The third kappa shape index (κ3) is 3.62. The van der Waals surface area contributed by atoms with Gasteiger partial charge in [0.15, 0.2) is 0 Å². The fourth-order valence-electron chi connectivity index (χ4n) is 3.49. The van der Waals surface area contributed by atoms with Crippen molar-refractivity contribution in [3.8, 4) is 12.3 Å². The summed E-state index contributed by atoms with van der Waals surface area (Å²) in [5.74, 6) is 3.41. The number of nitrogens with one attached hydrogen (secondary N) is 3. The summed E-state index contributed by atoms with van der Waals surface area (Å²) in [5.41, 5.74) is 8.30. The van der Waals surface area contributed by atoms with Crippen LogP contribution >= 0.6 is 0 Å². The van der Waals surface area contributed by atoms with Crippen LogP contribution in [0.5, 0.6) is 0 Å². The molecule has 0 spiro atoms. The Hall–Kier alpha value is -3.53. The molecule has 4 rings (SSSR count). The van der Waals surface area contributed by atoms with Crippen LogP contribution in [0.25, 0.3) is 10.9 Å². The van der Waals surface area contributed by atoms with E-state index < -0.39 is 0 Å². The first kappa shape index (κ1) is 17.9. The number of amides is 1. The van der Waals surface area contributed by atoms with Gasteiger partial charge in [0.05, 0.1) is 11.8 Å². The minimum Gasteiger partial charge on any atom is -0.369 e. The molecule has 0 aliphatic heterocycles. The maximum atomic E-state index is 11.2. The summed E-state index contributed by atoms with van der Waals surface area (Å²) in [6.07, 6.45) is 11.5. The van der Waals surface area contributed by atoms with Gasteiger partial charge < -0.3 is 21.4 Å². The Labute approximate surface area is 163 Å². The molecule has 142 valence electrons.